The van der Waals surface area contributed by atoms with Gasteiger partial charge < -0.3 is 15.4 Å². The Morgan fingerprint density at radius 2 is 2.11 bits per heavy atom. The van der Waals surface area contributed by atoms with E-state index in [1.807, 2.05) is 0 Å². The molecule has 0 saturated heterocycles. The molecule has 2 N–H and O–H groups in total. The van der Waals surface area contributed by atoms with Gasteiger partial charge in [-0.3, -0.25) is 0 Å². The molecule has 3 nitrogen and oxygen atoms in total. The van der Waals surface area contributed by atoms with E-state index < -0.39 is 0 Å². The lowest BCUT2D eigenvalue weighted by molar-refractivity contribution is 0.202. The molecule has 19 heavy (non-hydrogen) atoms. The number of rotatable bonds is 8. The van der Waals surface area contributed by atoms with Crippen molar-refractivity contribution in [3.63, 3.8) is 0 Å². The third kappa shape index (κ3) is 3.71. The summed E-state index contributed by atoms with van der Waals surface area (Å²) in [6.07, 6.45) is 3.67. The van der Waals surface area contributed by atoms with Crippen LogP contribution in [-0.4, -0.2) is 32.8 Å². The highest BCUT2D eigenvalue weighted by molar-refractivity contribution is 5.55. The molecule has 0 amide bonds. The standard InChI is InChI=1S/C16H26N2O/c1-13(14-7-8-14)18(11-12-19-2)16-6-4-3-5-15(16)9-10-17/h3-6,13-14H,7-12,17H2,1-2H3. The molecule has 0 spiro atoms. The zero-order chi connectivity index (χ0) is 13.7. The molecule has 3 heteroatoms. The Kier molecular flexibility index (Phi) is 5.23. The van der Waals surface area contributed by atoms with Crippen LogP contribution in [0.2, 0.25) is 0 Å². The number of ether oxygens (including phenoxy) is 1. The first-order valence-corrected chi connectivity index (χ1v) is 7.31. The summed E-state index contributed by atoms with van der Waals surface area (Å²) in [7, 11) is 1.77. The minimum atomic E-state index is 0.592. The van der Waals surface area contributed by atoms with Gasteiger partial charge >= 0.3 is 0 Å². The van der Waals surface area contributed by atoms with Crippen LogP contribution in [0.15, 0.2) is 24.3 Å². The summed E-state index contributed by atoms with van der Waals surface area (Å²) in [6.45, 7) is 4.77. The van der Waals surface area contributed by atoms with Crippen LogP contribution in [-0.2, 0) is 11.2 Å². The molecule has 1 aliphatic carbocycles. The predicted octanol–water partition coefficient (Wildman–Crippen LogP) is 2.44. The summed E-state index contributed by atoms with van der Waals surface area (Å²) in [5, 5.41) is 0. The minimum absolute atomic E-state index is 0.592. The van der Waals surface area contributed by atoms with Gasteiger partial charge in [0.15, 0.2) is 0 Å². The summed E-state index contributed by atoms with van der Waals surface area (Å²) in [5.41, 5.74) is 8.43. The van der Waals surface area contributed by atoms with E-state index in [0.29, 0.717) is 12.6 Å². The Morgan fingerprint density at radius 1 is 1.37 bits per heavy atom. The maximum Gasteiger partial charge on any atom is 0.0637 e. The van der Waals surface area contributed by atoms with Gasteiger partial charge in [0.2, 0.25) is 0 Å². The van der Waals surface area contributed by atoms with Crippen LogP contribution in [0, 0.1) is 5.92 Å². The van der Waals surface area contributed by atoms with E-state index in [1.165, 1.54) is 24.1 Å². The summed E-state index contributed by atoms with van der Waals surface area (Å²) in [6, 6.07) is 9.23. The molecule has 0 aromatic heterocycles. The zero-order valence-corrected chi connectivity index (χ0v) is 12.1. The van der Waals surface area contributed by atoms with Crippen molar-refractivity contribution < 1.29 is 4.74 Å². The summed E-state index contributed by atoms with van der Waals surface area (Å²) < 4.78 is 5.28. The first-order chi connectivity index (χ1) is 9.27. The van der Waals surface area contributed by atoms with Gasteiger partial charge in [0, 0.05) is 25.4 Å². The maximum absolute atomic E-state index is 5.73. The predicted molar refractivity (Wildman–Crippen MR) is 80.6 cm³/mol. The van der Waals surface area contributed by atoms with Crippen molar-refractivity contribution >= 4 is 5.69 Å². The number of hydrogen-bond acceptors (Lipinski definition) is 3. The van der Waals surface area contributed by atoms with Crippen LogP contribution in [0.25, 0.3) is 0 Å². The second-order valence-electron chi connectivity index (χ2n) is 5.43. The third-order valence-electron chi connectivity index (χ3n) is 4.05. The molecule has 2 rings (SSSR count). The summed E-state index contributed by atoms with van der Waals surface area (Å²) in [4.78, 5) is 2.51. The Bertz CT molecular complexity index is 390. The van der Waals surface area contributed by atoms with Gasteiger partial charge in [0.25, 0.3) is 0 Å². The van der Waals surface area contributed by atoms with Crippen molar-refractivity contribution in [2.75, 3.05) is 31.7 Å². The van der Waals surface area contributed by atoms with Crippen molar-refractivity contribution in [1.29, 1.82) is 0 Å². The molecule has 0 heterocycles. The fraction of sp³-hybridized carbons (Fsp3) is 0.625. The Balaban J connectivity index is 2.20. The number of nitrogens with two attached hydrogens (primary N) is 1. The molecule has 106 valence electrons. The first kappa shape index (κ1) is 14.4. The molecule has 1 aromatic carbocycles. The van der Waals surface area contributed by atoms with Gasteiger partial charge in [-0.1, -0.05) is 18.2 Å². The molecule has 1 fully saturated rings. The highest BCUT2D eigenvalue weighted by Crippen LogP contribution is 2.37. The van der Waals surface area contributed by atoms with Crippen LogP contribution < -0.4 is 10.6 Å². The summed E-state index contributed by atoms with van der Waals surface area (Å²) in [5.74, 6) is 0.850. The second kappa shape index (κ2) is 6.92. The van der Waals surface area contributed by atoms with Crippen LogP contribution >= 0.6 is 0 Å². The molecular weight excluding hydrogens is 236 g/mol. The van der Waals surface area contributed by atoms with Gasteiger partial charge in [-0.2, -0.15) is 0 Å². The quantitative estimate of drug-likeness (QED) is 0.782. The molecule has 0 radical (unpaired) electrons. The number of methoxy groups -OCH3 is 1. The van der Waals surface area contributed by atoms with Crippen LogP contribution in [0.1, 0.15) is 25.3 Å². The highest BCUT2D eigenvalue weighted by atomic mass is 16.5. The molecule has 1 aromatic rings. The summed E-state index contributed by atoms with van der Waals surface area (Å²) >= 11 is 0. The molecule has 1 unspecified atom stereocenters. The van der Waals surface area contributed by atoms with Gasteiger partial charge in [0.05, 0.1) is 6.61 Å². The van der Waals surface area contributed by atoms with Crippen LogP contribution in [0.5, 0.6) is 0 Å². The molecule has 0 aliphatic heterocycles. The second-order valence-corrected chi connectivity index (χ2v) is 5.43. The molecule has 1 aliphatic rings. The van der Waals surface area contributed by atoms with E-state index in [1.54, 1.807) is 7.11 Å². The van der Waals surface area contributed by atoms with Crippen molar-refractivity contribution in [3.8, 4) is 0 Å². The van der Waals surface area contributed by atoms with E-state index in [2.05, 4.69) is 36.1 Å². The lowest BCUT2D eigenvalue weighted by atomic mass is 10.1. The van der Waals surface area contributed by atoms with E-state index in [0.717, 1.165) is 25.5 Å². The molecular formula is C16H26N2O. The van der Waals surface area contributed by atoms with Crippen molar-refractivity contribution in [2.45, 2.75) is 32.2 Å². The highest BCUT2D eigenvalue weighted by Gasteiger charge is 2.32. The Hall–Kier alpha value is -1.06. The minimum Gasteiger partial charge on any atom is -0.383 e. The monoisotopic (exact) mass is 262 g/mol. The van der Waals surface area contributed by atoms with E-state index in [9.17, 15) is 0 Å². The lowest BCUT2D eigenvalue weighted by Crippen LogP contribution is -2.38. The smallest absolute Gasteiger partial charge is 0.0637 e. The first-order valence-electron chi connectivity index (χ1n) is 7.31. The fourth-order valence-corrected chi connectivity index (χ4v) is 2.72. The molecule has 1 saturated carbocycles. The van der Waals surface area contributed by atoms with Crippen molar-refractivity contribution in [1.82, 2.24) is 0 Å². The van der Waals surface area contributed by atoms with Crippen molar-refractivity contribution in [3.05, 3.63) is 29.8 Å². The number of hydrogen-bond donors (Lipinski definition) is 1. The SMILES string of the molecule is COCCN(c1ccccc1CCN)C(C)C1CC1. The molecule has 1 atom stereocenters. The third-order valence-corrected chi connectivity index (χ3v) is 4.05. The number of para-hydroxylation sites is 1. The van der Waals surface area contributed by atoms with Gasteiger partial charge in [-0.25, -0.2) is 0 Å². The van der Waals surface area contributed by atoms with E-state index in [-0.39, 0.29) is 0 Å². The van der Waals surface area contributed by atoms with E-state index in [4.69, 9.17) is 10.5 Å². The number of benzene rings is 1. The average Bonchev–Trinajstić information content (AvgIpc) is 3.25. The Morgan fingerprint density at radius 3 is 2.74 bits per heavy atom. The fourth-order valence-electron chi connectivity index (χ4n) is 2.72. The van der Waals surface area contributed by atoms with Gasteiger partial charge in [-0.15, -0.1) is 0 Å². The molecule has 0 bridgehead atoms. The maximum atomic E-state index is 5.73. The van der Waals surface area contributed by atoms with Crippen LogP contribution in [0.4, 0.5) is 5.69 Å². The van der Waals surface area contributed by atoms with Crippen LogP contribution in [0.3, 0.4) is 0 Å². The topological polar surface area (TPSA) is 38.5 Å². The Labute approximate surface area is 116 Å². The van der Waals surface area contributed by atoms with Gasteiger partial charge in [0.1, 0.15) is 0 Å². The normalized spacial score (nSPS) is 16.4. The van der Waals surface area contributed by atoms with Crippen molar-refractivity contribution in [2.24, 2.45) is 11.7 Å². The number of anilines is 1. The average molecular weight is 262 g/mol. The lowest BCUT2D eigenvalue weighted by Gasteiger charge is -2.33. The largest absolute Gasteiger partial charge is 0.383 e. The van der Waals surface area contributed by atoms with E-state index >= 15 is 0 Å². The van der Waals surface area contributed by atoms with Gasteiger partial charge in [-0.05, 0) is 50.3 Å². The zero-order valence-electron chi connectivity index (χ0n) is 12.1. The number of nitrogens with zero attached hydrogens (tertiary/aromatic N) is 1.